The Morgan fingerprint density at radius 3 is 2.69 bits per heavy atom. The summed E-state index contributed by atoms with van der Waals surface area (Å²) in [4.78, 5) is 19.4. The van der Waals surface area contributed by atoms with Crippen molar-refractivity contribution < 1.29 is 15.0 Å². The maximum absolute atomic E-state index is 12.8. The molecule has 7 heteroatoms. The van der Waals surface area contributed by atoms with Gasteiger partial charge in [0.25, 0.3) is 0 Å². The number of phenolic OH excluding ortho intramolecular Hbond substituents is 1. The van der Waals surface area contributed by atoms with Crippen LogP contribution in [0.25, 0.3) is 10.2 Å². The topological polar surface area (TPSA) is 85.7 Å². The first-order chi connectivity index (χ1) is 14.1. The molecule has 4 rings (SSSR count). The monoisotopic (exact) mass is 411 g/mol. The summed E-state index contributed by atoms with van der Waals surface area (Å²) in [7, 11) is 0. The van der Waals surface area contributed by atoms with Crippen LogP contribution in [0.3, 0.4) is 0 Å². The zero-order chi connectivity index (χ0) is 20.2. The number of benzene rings is 2. The number of hydrogen-bond acceptors (Lipinski definition) is 6. The summed E-state index contributed by atoms with van der Waals surface area (Å²) in [6.45, 7) is 0.814. The third kappa shape index (κ3) is 5.12. The highest BCUT2D eigenvalue weighted by Crippen LogP contribution is 2.27. The zero-order valence-electron chi connectivity index (χ0n) is 16.1. The second-order valence-corrected chi connectivity index (χ2v) is 8.60. The van der Waals surface area contributed by atoms with E-state index in [9.17, 15) is 15.0 Å². The molecule has 1 fully saturated rings. The summed E-state index contributed by atoms with van der Waals surface area (Å²) in [6, 6.07) is 15.2. The molecule has 0 aliphatic heterocycles. The number of amides is 1. The summed E-state index contributed by atoms with van der Waals surface area (Å²) < 4.78 is 1.04. The first kappa shape index (κ1) is 19.8. The Bertz CT molecular complexity index is 949. The fourth-order valence-electron chi connectivity index (χ4n) is 3.90. The van der Waals surface area contributed by atoms with Gasteiger partial charge in [-0.15, -0.1) is 0 Å². The smallest absolute Gasteiger partial charge is 0.240 e. The number of anilines is 1. The van der Waals surface area contributed by atoms with Gasteiger partial charge >= 0.3 is 0 Å². The molecule has 1 saturated carbocycles. The Kier molecular flexibility index (Phi) is 6.08. The van der Waals surface area contributed by atoms with Gasteiger partial charge in [0.2, 0.25) is 5.91 Å². The largest absolute Gasteiger partial charge is 0.508 e. The van der Waals surface area contributed by atoms with Crippen LogP contribution in [0.5, 0.6) is 5.75 Å². The van der Waals surface area contributed by atoms with Gasteiger partial charge in [-0.05, 0) is 55.5 Å². The van der Waals surface area contributed by atoms with Crippen LogP contribution in [-0.2, 0) is 11.3 Å². The van der Waals surface area contributed by atoms with Crippen molar-refractivity contribution in [3.05, 3.63) is 54.1 Å². The summed E-state index contributed by atoms with van der Waals surface area (Å²) >= 11 is 1.47. The molecular formula is C22H25N3O3S. The Balaban J connectivity index is 1.46. The first-order valence-electron chi connectivity index (χ1n) is 9.92. The molecule has 1 heterocycles. The molecule has 0 unspecified atom stereocenters. The molecule has 0 bridgehead atoms. The summed E-state index contributed by atoms with van der Waals surface area (Å²) in [5.41, 5.74) is 1.84. The zero-order valence-corrected chi connectivity index (χ0v) is 16.9. The van der Waals surface area contributed by atoms with Crippen molar-refractivity contribution in [3.8, 4) is 5.75 Å². The number of thiazole rings is 1. The van der Waals surface area contributed by atoms with E-state index in [1.54, 1.807) is 12.1 Å². The number of nitrogens with zero attached hydrogens (tertiary/aromatic N) is 2. The van der Waals surface area contributed by atoms with E-state index >= 15 is 0 Å². The van der Waals surface area contributed by atoms with E-state index in [2.05, 4.69) is 15.2 Å². The second-order valence-electron chi connectivity index (χ2n) is 7.57. The normalized spacial score (nSPS) is 19.5. The summed E-state index contributed by atoms with van der Waals surface area (Å²) in [6.07, 6.45) is 2.97. The molecule has 0 saturated heterocycles. The number of carbonyl (C=O) groups excluding carboxylic acids is 1. The number of aliphatic hydroxyl groups is 1. The van der Waals surface area contributed by atoms with Crippen molar-refractivity contribution in [2.75, 3.05) is 11.9 Å². The highest BCUT2D eigenvalue weighted by Gasteiger charge is 2.26. The predicted octanol–water partition coefficient (Wildman–Crippen LogP) is 3.75. The average Bonchev–Trinajstić information content (AvgIpc) is 3.10. The van der Waals surface area contributed by atoms with Gasteiger partial charge in [-0.1, -0.05) is 35.6 Å². The quantitative estimate of drug-likeness (QED) is 0.575. The third-order valence-corrected chi connectivity index (χ3v) is 6.32. The molecule has 0 atom stereocenters. The Labute approximate surface area is 173 Å². The van der Waals surface area contributed by atoms with Crippen molar-refractivity contribution in [1.29, 1.82) is 0 Å². The fourth-order valence-corrected chi connectivity index (χ4v) is 4.78. The lowest BCUT2D eigenvalue weighted by Gasteiger charge is -2.35. The number of carbonyl (C=O) groups is 1. The van der Waals surface area contributed by atoms with Crippen LogP contribution in [-0.4, -0.2) is 44.7 Å². The first-order valence-corrected chi connectivity index (χ1v) is 10.7. The van der Waals surface area contributed by atoms with Crippen LogP contribution in [0.1, 0.15) is 31.2 Å². The van der Waals surface area contributed by atoms with Crippen molar-refractivity contribution in [2.24, 2.45) is 0 Å². The number of aromatic nitrogens is 1. The van der Waals surface area contributed by atoms with Crippen molar-refractivity contribution in [3.63, 3.8) is 0 Å². The van der Waals surface area contributed by atoms with Crippen LogP contribution in [0.2, 0.25) is 0 Å². The van der Waals surface area contributed by atoms with Crippen molar-refractivity contribution >= 4 is 32.6 Å². The Morgan fingerprint density at radius 1 is 1.14 bits per heavy atom. The van der Waals surface area contributed by atoms with Gasteiger partial charge in [0.05, 0.1) is 22.9 Å². The van der Waals surface area contributed by atoms with Crippen LogP contribution < -0.4 is 5.32 Å². The molecule has 29 heavy (non-hydrogen) atoms. The molecular weight excluding hydrogens is 386 g/mol. The summed E-state index contributed by atoms with van der Waals surface area (Å²) in [5, 5.41) is 23.2. The average molecular weight is 412 g/mol. The molecule has 1 aliphatic carbocycles. The third-order valence-electron chi connectivity index (χ3n) is 5.37. The van der Waals surface area contributed by atoms with E-state index in [1.165, 1.54) is 11.3 Å². The molecule has 1 aliphatic rings. The fraction of sp³-hybridized carbons (Fsp3) is 0.364. The van der Waals surface area contributed by atoms with Crippen LogP contribution >= 0.6 is 11.3 Å². The molecule has 3 N–H and O–H groups in total. The molecule has 3 aromatic rings. The van der Waals surface area contributed by atoms with Gasteiger partial charge in [-0.25, -0.2) is 4.98 Å². The van der Waals surface area contributed by atoms with E-state index in [1.807, 2.05) is 36.4 Å². The number of fused-ring (bicyclic) bond motifs is 1. The highest BCUT2D eigenvalue weighted by atomic mass is 32.1. The SMILES string of the molecule is O=C(CN(Cc1cccc(O)c1)C1CCC(O)CC1)Nc1nc2ccccc2s1. The molecule has 2 aromatic carbocycles. The molecule has 1 amide bonds. The molecule has 1 aromatic heterocycles. The van der Waals surface area contributed by atoms with E-state index in [-0.39, 0.29) is 30.3 Å². The minimum atomic E-state index is -0.245. The molecule has 6 nitrogen and oxygen atoms in total. The van der Waals surface area contributed by atoms with E-state index in [0.29, 0.717) is 11.7 Å². The van der Waals surface area contributed by atoms with Gasteiger partial charge in [0.1, 0.15) is 5.75 Å². The number of hydrogen-bond donors (Lipinski definition) is 3. The molecule has 0 radical (unpaired) electrons. The standard InChI is InChI=1S/C22H25N3O3S/c26-17-10-8-16(9-11-17)25(13-15-4-3-5-18(27)12-15)14-21(28)24-22-23-19-6-1-2-7-20(19)29-22/h1-7,12,16-17,26-27H,8-11,13-14H2,(H,23,24,28). The van der Waals surface area contributed by atoms with E-state index in [4.69, 9.17) is 0 Å². The van der Waals surface area contributed by atoms with Crippen molar-refractivity contribution in [2.45, 2.75) is 44.4 Å². The maximum atomic E-state index is 12.8. The Hall–Kier alpha value is -2.48. The van der Waals surface area contributed by atoms with Gasteiger partial charge in [0.15, 0.2) is 5.13 Å². The molecule has 0 spiro atoms. The minimum absolute atomic E-state index is 0.102. The summed E-state index contributed by atoms with van der Waals surface area (Å²) in [5.74, 6) is 0.121. The number of aliphatic hydroxyl groups excluding tert-OH is 1. The number of nitrogens with one attached hydrogen (secondary N) is 1. The lowest BCUT2D eigenvalue weighted by molar-refractivity contribution is -0.118. The van der Waals surface area contributed by atoms with Gasteiger partial charge in [-0.3, -0.25) is 9.69 Å². The lowest BCUT2D eigenvalue weighted by atomic mass is 9.91. The van der Waals surface area contributed by atoms with Crippen LogP contribution in [0.15, 0.2) is 48.5 Å². The Morgan fingerprint density at radius 2 is 1.93 bits per heavy atom. The maximum Gasteiger partial charge on any atom is 0.240 e. The van der Waals surface area contributed by atoms with Crippen LogP contribution in [0.4, 0.5) is 5.13 Å². The lowest BCUT2D eigenvalue weighted by Crippen LogP contribution is -2.42. The minimum Gasteiger partial charge on any atom is -0.508 e. The number of para-hydroxylation sites is 1. The number of phenols is 1. The predicted molar refractivity (Wildman–Crippen MR) is 115 cm³/mol. The van der Waals surface area contributed by atoms with Crippen LogP contribution in [0, 0.1) is 0 Å². The van der Waals surface area contributed by atoms with Gasteiger partial charge < -0.3 is 15.5 Å². The van der Waals surface area contributed by atoms with E-state index in [0.717, 1.165) is 41.5 Å². The van der Waals surface area contributed by atoms with E-state index < -0.39 is 0 Å². The van der Waals surface area contributed by atoms with Crippen molar-refractivity contribution in [1.82, 2.24) is 9.88 Å². The molecule has 152 valence electrons. The second kappa shape index (κ2) is 8.90. The number of aromatic hydroxyl groups is 1. The highest BCUT2D eigenvalue weighted by molar-refractivity contribution is 7.22. The number of rotatable bonds is 6. The van der Waals surface area contributed by atoms with Gasteiger partial charge in [0, 0.05) is 12.6 Å². The van der Waals surface area contributed by atoms with Gasteiger partial charge in [-0.2, -0.15) is 0 Å².